The van der Waals surface area contributed by atoms with Crippen LogP contribution in [0.4, 0.5) is 0 Å². The number of fused-ring (bicyclic) bond motifs is 2. The smallest absolute Gasteiger partial charge is 0.244 e. The molecule has 1 aliphatic rings. The summed E-state index contributed by atoms with van der Waals surface area (Å²) in [6.45, 7) is 2.52. The van der Waals surface area contributed by atoms with E-state index in [1.54, 1.807) is 0 Å². The van der Waals surface area contributed by atoms with E-state index in [9.17, 15) is 5.26 Å². The van der Waals surface area contributed by atoms with Gasteiger partial charge in [-0.2, -0.15) is 5.26 Å². The number of benzene rings is 3. The Hall–Kier alpha value is -4.24. The molecule has 1 aliphatic heterocycles. The molecule has 31 heavy (non-hydrogen) atoms. The predicted octanol–water partition coefficient (Wildman–Crippen LogP) is 4.85. The van der Waals surface area contributed by atoms with Crippen molar-refractivity contribution in [2.75, 3.05) is 6.61 Å². The molecule has 0 radical (unpaired) electrons. The largest absolute Gasteiger partial charge is 0.494 e. The first-order valence-electron chi connectivity index (χ1n) is 10.1. The van der Waals surface area contributed by atoms with Gasteiger partial charge in [0.25, 0.3) is 0 Å². The molecule has 4 aromatic rings. The molecule has 5 rings (SSSR count). The number of nitrogens with zero attached hydrogens (tertiary/aromatic N) is 2. The van der Waals surface area contributed by atoms with Crippen molar-refractivity contribution < 1.29 is 9.47 Å². The average Bonchev–Trinajstić information content (AvgIpc) is 3.21. The van der Waals surface area contributed by atoms with E-state index >= 15 is 0 Å². The Morgan fingerprint density at radius 3 is 2.77 bits per heavy atom. The van der Waals surface area contributed by atoms with Crippen LogP contribution in [0.25, 0.3) is 22.0 Å². The van der Waals surface area contributed by atoms with Crippen molar-refractivity contribution in [1.29, 1.82) is 5.26 Å². The Kier molecular flexibility index (Phi) is 4.57. The number of nitrogens with one attached hydrogen (secondary N) is 1. The lowest BCUT2D eigenvalue weighted by molar-refractivity contribution is 0.340. The molecular formula is C25H20N4O2. The molecule has 0 saturated heterocycles. The quantitative estimate of drug-likeness (QED) is 0.503. The number of H-pyrrole nitrogens is 1. The highest BCUT2D eigenvalue weighted by molar-refractivity contribution is 5.88. The van der Waals surface area contributed by atoms with Gasteiger partial charge in [0.05, 0.1) is 23.8 Å². The van der Waals surface area contributed by atoms with Crippen LogP contribution in [0, 0.1) is 11.3 Å². The van der Waals surface area contributed by atoms with E-state index < -0.39 is 5.92 Å². The first-order chi connectivity index (χ1) is 15.2. The fraction of sp³-hybridized carbons (Fsp3) is 0.120. The van der Waals surface area contributed by atoms with Crippen LogP contribution in [0.5, 0.6) is 11.6 Å². The van der Waals surface area contributed by atoms with Crippen molar-refractivity contribution in [3.8, 4) is 29.0 Å². The minimum Gasteiger partial charge on any atom is -0.494 e. The number of rotatable bonds is 4. The van der Waals surface area contributed by atoms with E-state index in [1.165, 1.54) is 0 Å². The summed E-state index contributed by atoms with van der Waals surface area (Å²) in [7, 11) is 0. The van der Waals surface area contributed by atoms with Gasteiger partial charge in [0.15, 0.2) is 0 Å². The van der Waals surface area contributed by atoms with Gasteiger partial charge < -0.3 is 15.2 Å². The second-order valence-electron chi connectivity index (χ2n) is 7.27. The van der Waals surface area contributed by atoms with Crippen LogP contribution in [0.1, 0.15) is 24.0 Å². The zero-order chi connectivity index (χ0) is 21.4. The molecule has 1 atom stereocenters. The first-order valence-corrected chi connectivity index (χ1v) is 10.1. The minimum atomic E-state index is -0.413. The van der Waals surface area contributed by atoms with Gasteiger partial charge >= 0.3 is 0 Å². The van der Waals surface area contributed by atoms with Crippen molar-refractivity contribution in [1.82, 2.24) is 10.2 Å². The maximum Gasteiger partial charge on any atom is 0.244 e. The van der Waals surface area contributed by atoms with Crippen LogP contribution in [0.2, 0.25) is 0 Å². The molecule has 0 aliphatic carbocycles. The van der Waals surface area contributed by atoms with Crippen molar-refractivity contribution in [3.63, 3.8) is 0 Å². The summed E-state index contributed by atoms with van der Waals surface area (Å²) < 4.78 is 11.4. The molecule has 6 nitrogen and oxygen atoms in total. The Labute approximate surface area is 179 Å². The molecule has 0 spiro atoms. The summed E-state index contributed by atoms with van der Waals surface area (Å²) in [5.74, 6) is 0.807. The maximum absolute atomic E-state index is 9.99. The zero-order valence-corrected chi connectivity index (χ0v) is 16.9. The maximum atomic E-state index is 9.99. The number of hydrogen-bond acceptors (Lipinski definition) is 5. The number of ether oxygens (including phenoxy) is 2. The van der Waals surface area contributed by atoms with Gasteiger partial charge in [0, 0.05) is 5.56 Å². The molecule has 1 unspecified atom stereocenters. The third kappa shape index (κ3) is 3.08. The topological polar surface area (TPSA) is 97.0 Å². The average molecular weight is 408 g/mol. The molecule has 0 saturated carbocycles. The van der Waals surface area contributed by atoms with Crippen LogP contribution >= 0.6 is 0 Å². The first kappa shape index (κ1) is 18.8. The Bertz CT molecular complexity index is 1360. The molecule has 1 aromatic heterocycles. The molecule has 6 heteroatoms. The fourth-order valence-corrected chi connectivity index (χ4v) is 4.19. The van der Waals surface area contributed by atoms with Gasteiger partial charge in [-0.15, -0.1) is 5.10 Å². The molecule has 152 valence electrons. The third-order valence-corrected chi connectivity index (χ3v) is 5.51. The normalized spacial score (nSPS) is 15.3. The Morgan fingerprint density at radius 2 is 1.94 bits per heavy atom. The van der Waals surface area contributed by atoms with Gasteiger partial charge in [-0.25, -0.2) is 0 Å². The summed E-state index contributed by atoms with van der Waals surface area (Å²) >= 11 is 0. The van der Waals surface area contributed by atoms with Gasteiger partial charge in [-0.05, 0) is 35.4 Å². The lowest BCUT2D eigenvalue weighted by Gasteiger charge is -2.25. The monoisotopic (exact) mass is 408 g/mol. The van der Waals surface area contributed by atoms with Crippen LogP contribution < -0.4 is 15.2 Å². The number of aromatic nitrogens is 2. The van der Waals surface area contributed by atoms with Gasteiger partial charge in [0.2, 0.25) is 11.8 Å². The molecule has 0 fully saturated rings. The van der Waals surface area contributed by atoms with E-state index in [0.29, 0.717) is 18.1 Å². The van der Waals surface area contributed by atoms with Crippen molar-refractivity contribution in [3.05, 3.63) is 89.3 Å². The summed E-state index contributed by atoms with van der Waals surface area (Å²) in [5, 5.41) is 19.6. The standard InChI is InChI=1S/C25H20N4O2/c1-2-30-17-10-5-9-16(13-17)23-22-21(20(14-26)24(27)31-25(22)29-28-23)19-12-6-8-15-7-3-4-11-18(15)19/h3-13,21H,2,27H2,1H3,(H,28,29). The number of aromatic amines is 1. The van der Waals surface area contributed by atoms with Crippen LogP contribution in [0.3, 0.4) is 0 Å². The molecule has 3 aromatic carbocycles. The lowest BCUT2D eigenvalue weighted by Crippen LogP contribution is -2.21. The zero-order valence-electron chi connectivity index (χ0n) is 16.9. The van der Waals surface area contributed by atoms with E-state index in [1.807, 2.05) is 55.5 Å². The van der Waals surface area contributed by atoms with Gasteiger partial charge in [0.1, 0.15) is 17.4 Å². The number of allylic oxidation sites excluding steroid dienone is 1. The van der Waals surface area contributed by atoms with Crippen LogP contribution in [0.15, 0.2) is 78.2 Å². The highest BCUT2D eigenvalue weighted by Gasteiger charge is 2.36. The number of nitrogens with two attached hydrogens (primary N) is 1. The molecule has 3 N–H and O–H groups in total. The Morgan fingerprint density at radius 1 is 1.13 bits per heavy atom. The summed E-state index contributed by atoms with van der Waals surface area (Å²) in [4.78, 5) is 0. The molecule has 0 amide bonds. The van der Waals surface area contributed by atoms with Crippen molar-refractivity contribution in [2.45, 2.75) is 12.8 Å². The van der Waals surface area contributed by atoms with Crippen LogP contribution in [-0.2, 0) is 0 Å². The van der Waals surface area contributed by atoms with E-state index in [0.717, 1.165) is 38.9 Å². The summed E-state index contributed by atoms with van der Waals surface area (Å²) in [6, 6.07) is 24.2. The molecule has 2 heterocycles. The van der Waals surface area contributed by atoms with E-state index in [-0.39, 0.29) is 5.88 Å². The highest BCUT2D eigenvalue weighted by atomic mass is 16.5. The third-order valence-electron chi connectivity index (χ3n) is 5.51. The second-order valence-corrected chi connectivity index (χ2v) is 7.27. The second kappa shape index (κ2) is 7.54. The van der Waals surface area contributed by atoms with Crippen molar-refractivity contribution >= 4 is 10.8 Å². The summed E-state index contributed by atoms with van der Waals surface area (Å²) in [6.07, 6.45) is 0. The fourth-order valence-electron chi connectivity index (χ4n) is 4.19. The minimum absolute atomic E-state index is 0.0778. The Balaban J connectivity index is 1.76. The van der Waals surface area contributed by atoms with Crippen molar-refractivity contribution in [2.24, 2.45) is 5.73 Å². The van der Waals surface area contributed by atoms with E-state index in [2.05, 4.69) is 34.5 Å². The van der Waals surface area contributed by atoms with E-state index in [4.69, 9.17) is 15.2 Å². The predicted molar refractivity (Wildman–Crippen MR) is 118 cm³/mol. The summed E-state index contributed by atoms with van der Waals surface area (Å²) in [5.41, 5.74) is 9.95. The van der Waals surface area contributed by atoms with Crippen LogP contribution in [-0.4, -0.2) is 16.8 Å². The van der Waals surface area contributed by atoms with Gasteiger partial charge in [-0.1, -0.05) is 54.6 Å². The van der Waals surface area contributed by atoms with Gasteiger partial charge in [-0.3, -0.25) is 5.10 Å². The lowest BCUT2D eigenvalue weighted by atomic mass is 9.81. The number of hydrogen-bond donors (Lipinski definition) is 2. The SMILES string of the molecule is CCOc1cccc(-c2[nH]nc3c2C(c2cccc4ccccc24)C(C#N)=C(N)O3)c1. The number of nitriles is 1. The molecule has 0 bridgehead atoms. The highest BCUT2D eigenvalue weighted by Crippen LogP contribution is 2.47. The molecular weight excluding hydrogens is 388 g/mol.